The zero-order chi connectivity index (χ0) is 21.7. The molecule has 0 radical (unpaired) electrons. The Morgan fingerprint density at radius 3 is 2.27 bits per heavy atom. The minimum Gasteiger partial charge on any atom is -0.358 e. The van der Waals surface area contributed by atoms with Gasteiger partial charge in [0.1, 0.15) is 0 Å². The highest BCUT2D eigenvalue weighted by Crippen LogP contribution is 2.38. The largest absolute Gasteiger partial charge is 0.358 e. The molecule has 0 heterocycles. The first-order valence-corrected chi connectivity index (χ1v) is 12.3. The van der Waals surface area contributed by atoms with Gasteiger partial charge in [0, 0.05) is 24.7 Å². The molecule has 2 bridgehead atoms. The van der Waals surface area contributed by atoms with Crippen molar-refractivity contribution in [1.82, 2.24) is 20.5 Å². The number of hydrazine groups is 1. The fraction of sp³-hybridized carbons (Fsp3) is 0.524. The average Bonchev–Trinajstić information content (AvgIpc) is 3.35. The maximum Gasteiger partial charge on any atom is 0.269 e. The summed E-state index contributed by atoms with van der Waals surface area (Å²) in [4.78, 5) is 12.6. The molecule has 0 aliphatic heterocycles. The molecule has 2 aliphatic rings. The van der Waals surface area contributed by atoms with E-state index in [0.29, 0.717) is 41.6 Å². The number of sulfonamides is 1. The number of carbonyl (C=O) groups excluding carboxylic acids is 1. The quantitative estimate of drug-likeness (QED) is 0.320. The van der Waals surface area contributed by atoms with Gasteiger partial charge in [0.15, 0.2) is 5.11 Å². The summed E-state index contributed by atoms with van der Waals surface area (Å²) in [5, 5.41) is 3.63. The van der Waals surface area contributed by atoms with Crippen LogP contribution in [0.25, 0.3) is 0 Å². The Morgan fingerprint density at radius 2 is 1.73 bits per heavy atom. The Hall–Kier alpha value is -1.97. The number of rotatable bonds is 8. The van der Waals surface area contributed by atoms with Crippen molar-refractivity contribution >= 4 is 33.3 Å². The van der Waals surface area contributed by atoms with Crippen LogP contribution >= 0.6 is 12.2 Å². The summed E-state index contributed by atoms with van der Waals surface area (Å²) in [5.41, 5.74) is 5.65. The number of fused-ring (bicyclic) bond motifs is 2. The molecule has 7 nitrogen and oxygen atoms in total. The van der Waals surface area contributed by atoms with Crippen LogP contribution < -0.4 is 16.2 Å². The van der Waals surface area contributed by atoms with Gasteiger partial charge in [0.2, 0.25) is 10.0 Å². The molecule has 2 aliphatic carbocycles. The van der Waals surface area contributed by atoms with E-state index in [2.05, 4.69) is 28.3 Å². The van der Waals surface area contributed by atoms with Gasteiger partial charge < -0.3 is 5.32 Å². The van der Waals surface area contributed by atoms with Crippen LogP contribution in [0.5, 0.6) is 0 Å². The fourth-order valence-electron chi connectivity index (χ4n) is 4.12. The van der Waals surface area contributed by atoms with Crippen molar-refractivity contribution in [3.63, 3.8) is 0 Å². The SMILES string of the molecule is CCCN(CCC)S(=O)(=O)c1ccc(C(=O)NNC(=S)N[C@H]2C[C@@H]3C=C[C@H]2C3)cc1. The van der Waals surface area contributed by atoms with Crippen LogP contribution in [0.4, 0.5) is 0 Å². The van der Waals surface area contributed by atoms with Gasteiger partial charge in [-0.05, 0) is 74.0 Å². The van der Waals surface area contributed by atoms with E-state index in [0.717, 1.165) is 25.7 Å². The Bertz CT molecular complexity index is 893. The number of hydrogen-bond donors (Lipinski definition) is 3. The van der Waals surface area contributed by atoms with Crippen molar-refractivity contribution in [2.24, 2.45) is 11.8 Å². The summed E-state index contributed by atoms with van der Waals surface area (Å²) in [5.74, 6) is 0.750. The highest BCUT2D eigenvalue weighted by atomic mass is 32.2. The van der Waals surface area contributed by atoms with E-state index in [4.69, 9.17) is 12.2 Å². The lowest BCUT2D eigenvalue weighted by molar-refractivity contribution is 0.0943. The van der Waals surface area contributed by atoms with Crippen LogP contribution in [-0.2, 0) is 10.0 Å². The molecule has 9 heteroatoms. The number of nitrogens with zero attached hydrogens (tertiary/aromatic N) is 1. The van der Waals surface area contributed by atoms with Gasteiger partial charge in [-0.1, -0.05) is 26.0 Å². The van der Waals surface area contributed by atoms with Gasteiger partial charge in [-0.15, -0.1) is 0 Å². The summed E-state index contributed by atoms with van der Waals surface area (Å²) in [6.07, 6.45) is 8.20. The monoisotopic (exact) mass is 450 g/mol. The van der Waals surface area contributed by atoms with Gasteiger partial charge in [-0.3, -0.25) is 15.6 Å². The van der Waals surface area contributed by atoms with Crippen LogP contribution in [0.15, 0.2) is 41.3 Å². The molecule has 3 rings (SSSR count). The molecule has 0 spiro atoms. The van der Waals surface area contributed by atoms with Crippen molar-refractivity contribution in [3.8, 4) is 0 Å². The topological polar surface area (TPSA) is 90.5 Å². The summed E-state index contributed by atoms with van der Waals surface area (Å²) in [7, 11) is -3.56. The summed E-state index contributed by atoms with van der Waals surface area (Å²) in [6, 6.07) is 6.27. The van der Waals surface area contributed by atoms with E-state index >= 15 is 0 Å². The first-order chi connectivity index (χ1) is 14.3. The predicted octanol–water partition coefficient (Wildman–Crippen LogP) is 2.57. The maximum atomic E-state index is 12.8. The van der Waals surface area contributed by atoms with E-state index in [-0.39, 0.29) is 10.8 Å². The Morgan fingerprint density at radius 1 is 1.07 bits per heavy atom. The van der Waals surface area contributed by atoms with E-state index in [1.54, 1.807) is 0 Å². The second-order valence-corrected chi connectivity index (χ2v) is 10.2. The minimum absolute atomic E-state index is 0.190. The van der Waals surface area contributed by atoms with Gasteiger partial charge >= 0.3 is 0 Å². The third kappa shape index (κ3) is 5.19. The minimum atomic E-state index is -3.56. The third-order valence-electron chi connectivity index (χ3n) is 5.59. The summed E-state index contributed by atoms with van der Waals surface area (Å²) in [6.45, 7) is 4.86. The van der Waals surface area contributed by atoms with Crippen LogP contribution in [0, 0.1) is 11.8 Å². The zero-order valence-corrected chi connectivity index (χ0v) is 19.1. The Kier molecular flexibility index (Phi) is 7.49. The molecule has 3 N–H and O–H groups in total. The molecule has 1 saturated carbocycles. The fourth-order valence-corrected chi connectivity index (χ4v) is 5.94. The molecule has 0 aromatic heterocycles. The number of allylic oxidation sites excluding steroid dienone is 1. The van der Waals surface area contributed by atoms with Crippen LogP contribution in [-0.4, -0.2) is 42.9 Å². The van der Waals surface area contributed by atoms with Gasteiger partial charge in [0.05, 0.1) is 4.90 Å². The Labute approximate surface area is 184 Å². The van der Waals surface area contributed by atoms with Crippen molar-refractivity contribution in [1.29, 1.82) is 0 Å². The second-order valence-electron chi connectivity index (χ2n) is 7.87. The van der Waals surface area contributed by atoms with Crippen LogP contribution in [0.3, 0.4) is 0 Å². The number of amides is 1. The smallest absolute Gasteiger partial charge is 0.269 e. The molecule has 0 unspecified atom stereocenters. The first-order valence-electron chi connectivity index (χ1n) is 10.5. The summed E-state index contributed by atoms with van der Waals surface area (Å²) < 4.78 is 27.1. The van der Waals surface area contributed by atoms with E-state index < -0.39 is 10.0 Å². The first kappa shape index (κ1) is 22.7. The lowest BCUT2D eigenvalue weighted by Crippen LogP contribution is -2.50. The van der Waals surface area contributed by atoms with Gasteiger partial charge in [-0.25, -0.2) is 8.42 Å². The third-order valence-corrected chi connectivity index (χ3v) is 7.72. The molecule has 30 heavy (non-hydrogen) atoms. The maximum absolute atomic E-state index is 12.8. The van der Waals surface area contributed by atoms with Crippen LogP contribution in [0.1, 0.15) is 49.9 Å². The average molecular weight is 451 g/mol. The number of benzene rings is 1. The Balaban J connectivity index is 1.54. The van der Waals surface area contributed by atoms with Crippen LogP contribution in [0.2, 0.25) is 0 Å². The molecule has 1 aromatic carbocycles. The van der Waals surface area contributed by atoms with E-state index in [1.165, 1.54) is 28.6 Å². The molecule has 3 atom stereocenters. The number of nitrogens with one attached hydrogen (secondary N) is 3. The van der Waals surface area contributed by atoms with Crippen molar-refractivity contribution in [2.75, 3.05) is 13.1 Å². The van der Waals surface area contributed by atoms with Crippen molar-refractivity contribution < 1.29 is 13.2 Å². The molecule has 1 aromatic rings. The highest BCUT2D eigenvalue weighted by molar-refractivity contribution is 7.89. The number of hydrogen-bond acceptors (Lipinski definition) is 4. The molecular formula is C21H30N4O3S2. The predicted molar refractivity (Wildman–Crippen MR) is 121 cm³/mol. The van der Waals surface area contributed by atoms with Crippen molar-refractivity contribution in [2.45, 2.75) is 50.5 Å². The molecule has 0 saturated heterocycles. The lowest BCUT2D eigenvalue weighted by Gasteiger charge is -2.22. The second kappa shape index (κ2) is 9.89. The van der Waals surface area contributed by atoms with Gasteiger partial charge in [-0.2, -0.15) is 4.31 Å². The van der Waals surface area contributed by atoms with Crippen molar-refractivity contribution in [3.05, 3.63) is 42.0 Å². The number of carbonyl (C=O) groups is 1. The zero-order valence-electron chi connectivity index (χ0n) is 17.4. The molecule has 164 valence electrons. The van der Waals surface area contributed by atoms with E-state index in [1.807, 2.05) is 13.8 Å². The number of thiocarbonyl (C=S) groups is 1. The lowest BCUT2D eigenvalue weighted by atomic mass is 10.0. The highest BCUT2D eigenvalue weighted by Gasteiger charge is 2.35. The summed E-state index contributed by atoms with van der Waals surface area (Å²) >= 11 is 5.28. The molecular weight excluding hydrogens is 420 g/mol. The molecule has 1 fully saturated rings. The van der Waals surface area contributed by atoms with E-state index in [9.17, 15) is 13.2 Å². The normalized spacial score (nSPS) is 22.3. The standard InChI is InChI=1S/C21H30N4O3S2/c1-3-11-25(12-4-2)30(27,28)18-9-7-16(8-10-18)20(26)23-24-21(29)22-19-14-15-5-6-17(19)13-15/h5-10,15,17,19H,3-4,11-14H2,1-2H3,(H,23,26)(H2,22,24,29)/t15-,17+,19+/m1/s1. The van der Waals surface area contributed by atoms with Gasteiger partial charge in [0.25, 0.3) is 5.91 Å². The molecule has 1 amide bonds.